The van der Waals surface area contributed by atoms with Crippen LogP contribution in [0.5, 0.6) is 0 Å². The fourth-order valence-electron chi connectivity index (χ4n) is 3.57. The van der Waals surface area contributed by atoms with E-state index < -0.39 is 0 Å². The van der Waals surface area contributed by atoms with Gasteiger partial charge in [0.1, 0.15) is 0 Å². The second-order valence-electron chi connectivity index (χ2n) is 7.08. The summed E-state index contributed by atoms with van der Waals surface area (Å²) in [5.41, 5.74) is 3.32. The zero-order valence-electron chi connectivity index (χ0n) is 17.3. The van der Waals surface area contributed by atoms with Crippen molar-refractivity contribution in [3.8, 4) is 5.69 Å². The summed E-state index contributed by atoms with van der Waals surface area (Å²) in [6, 6.07) is 20.6. The van der Waals surface area contributed by atoms with Crippen LogP contribution in [0.2, 0.25) is 0 Å². The highest BCUT2D eigenvalue weighted by Crippen LogP contribution is 2.19. The SMILES string of the molecule is CCN(CC)C(CNC(=O)CCc1cnn(-c2ccccc2)c1)c1ccccc1. The number of para-hydroxylation sites is 1. The largest absolute Gasteiger partial charge is 0.354 e. The molecule has 1 heterocycles. The fraction of sp³-hybridized carbons (Fsp3) is 0.333. The average Bonchev–Trinajstić information content (AvgIpc) is 3.25. The lowest BCUT2D eigenvalue weighted by molar-refractivity contribution is -0.121. The molecule has 0 aliphatic heterocycles. The number of hydrogen-bond acceptors (Lipinski definition) is 3. The Kier molecular flexibility index (Phi) is 7.59. The molecule has 0 spiro atoms. The van der Waals surface area contributed by atoms with E-state index >= 15 is 0 Å². The molecule has 1 N–H and O–H groups in total. The Labute approximate surface area is 173 Å². The minimum Gasteiger partial charge on any atom is -0.354 e. The lowest BCUT2D eigenvalue weighted by Crippen LogP contribution is -2.38. The molecule has 1 aromatic heterocycles. The van der Waals surface area contributed by atoms with Crippen molar-refractivity contribution in [2.24, 2.45) is 0 Å². The van der Waals surface area contributed by atoms with E-state index in [4.69, 9.17) is 0 Å². The summed E-state index contributed by atoms with van der Waals surface area (Å²) in [6.07, 6.45) is 4.97. The molecule has 0 saturated heterocycles. The number of nitrogens with zero attached hydrogens (tertiary/aromatic N) is 3. The molecule has 3 aromatic rings. The highest BCUT2D eigenvalue weighted by Gasteiger charge is 2.18. The van der Waals surface area contributed by atoms with Crippen molar-refractivity contribution in [3.05, 3.63) is 84.2 Å². The maximum atomic E-state index is 12.5. The van der Waals surface area contributed by atoms with Crippen LogP contribution in [-0.4, -0.2) is 40.2 Å². The van der Waals surface area contributed by atoms with Crippen molar-refractivity contribution in [1.29, 1.82) is 0 Å². The lowest BCUT2D eigenvalue weighted by atomic mass is 10.0. The average molecular weight is 391 g/mol. The smallest absolute Gasteiger partial charge is 0.220 e. The van der Waals surface area contributed by atoms with Crippen molar-refractivity contribution in [2.75, 3.05) is 19.6 Å². The van der Waals surface area contributed by atoms with Crippen LogP contribution in [0.1, 0.15) is 37.4 Å². The van der Waals surface area contributed by atoms with Crippen molar-refractivity contribution in [2.45, 2.75) is 32.7 Å². The van der Waals surface area contributed by atoms with Gasteiger partial charge in [-0.25, -0.2) is 4.68 Å². The second-order valence-corrected chi connectivity index (χ2v) is 7.08. The van der Waals surface area contributed by atoms with Gasteiger partial charge in [0.25, 0.3) is 0 Å². The molecule has 5 nitrogen and oxygen atoms in total. The first kappa shape index (κ1) is 20.8. The van der Waals surface area contributed by atoms with E-state index in [1.54, 1.807) is 0 Å². The predicted octanol–water partition coefficient (Wildman–Crippen LogP) is 4.00. The Morgan fingerprint density at radius 3 is 2.34 bits per heavy atom. The number of rotatable bonds is 10. The van der Waals surface area contributed by atoms with Crippen LogP contribution >= 0.6 is 0 Å². The van der Waals surface area contributed by atoms with Gasteiger partial charge in [-0.1, -0.05) is 62.4 Å². The molecule has 0 radical (unpaired) electrons. The van der Waals surface area contributed by atoms with Gasteiger partial charge in [0.05, 0.1) is 17.9 Å². The Morgan fingerprint density at radius 1 is 1.03 bits per heavy atom. The van der Waals surface area contributed by atoms with Crippen molar-refractivity contribution in [3.63, 3.8) is 0 Å². The van der Waals surface area contributed by atoms with Gasteiger partial charge in [-0.15, -0.1) is 0 Å². The van der Waals surface area contributed by atoms with Gasteiger partial charge in [0.15, 0.2) is 0 Å². The van der Waals surface area contributed by atoms with Gasteiger partial charge in [0, 0.05) is 19.2 Å². The van der Waals surface area contributed by atoms with E-state index in [0.717, 1.165) is 24.3 Å². The highest BCUT2D eigenvalue weighted by atomic mass is 16.1. The first-order valence-electron chi connectivity index (χ1n) is 10.4. The van der Waals surface area contributed by atoms with Gasteiger partial charge in [-0.3, -0.25) is 9.69 Å². The topological polar surface area (TPSA) is 50.2 Å². The molecule has 0 bridgehead atoms. The third-order valence-electron chi connectivity index (χ3n) is 5.23. The van der Waals surface area contributed by atoms with E-state index in [0.29, 0.717) is 19.4 Å². The van der Waals surface area contributed by atoms with Gasteiger partial charge in [-0.05, 0) is 42.8 Å². The van der Waals surface area contributed by atoms with Crippen molar-refractivity contribution >= 4 is 5.91 Å². The number of likely N-dealkylation sites (N-methyl/N-ethyl adjacent to an activating group) is 1. The maximum absolute atomic E-state index is 12.5. The van der Waals surface area contributed by atoms with Crippen LogP contribution < -0.4 is 5.32 Å². The summed E-state index contributed by atoms with van der Waals surface area (Å²) in [6.45, 7) is 6.83. The number of benzene rings is 2. The monoisotopic (exact) mass is 390 g/mol. The van der Waals surface area contributed by atoms with E-state index in [1.165, 1.54) is 5.56 Å². The Balaban J connectivity index is 1.54. The molecule has 1 amide bonds. The summed E-state index contributed by atoms with van der Waals surface area (Å²) in [5, 5.41) is 7.53. The third kappa shape index (κ3) is 5.78. The van der Waals surface area contributed by atoms with Crippen LogP contribution in [0.4, 0.5) is 0 Å². The van der Waals surface area contributed by atoms with Crippen molar-refractivity contribution < 1.29 is 4.79 Å². The van der Waals surface area contributed by atoms with E-state index in [-0.39, 0.29) is 11.9 Å². The minimum atomic E-state index is 0.0746. The zero-order valence-corrected chi connectivity index (χ0v) is 17.3. The third-order valence-corrected chi connectivity index (χ3v) is 5.23. The Morgan fingerprint density at radius 2 is 1.69 bits per heavy atom. The Bertz CT molecular complexity index is 872. The van der Waals surface area contributed by atoms with Gasteiger partial charge < -0.3 is 5.32 Å². The molecule has 0 fully saturated rings. The van der Waals surface area contributed by atoms with E-state index in [1.807, 2.05) is 53.5 Å². The van der Waals surface area contributed by atoms with Crippen LogP contribution in [-0.2, 0) is 11.2 Å². The van der Waals surface area contributed by atoms with Gasteiger partial charge >= 0.3 is 0 Å². The predicted molar refractivity (Wildman–Crippen MR) is 117 cm³/mol. The number of amides is 1. The molecule has 5 heteroatoms. The van der Waals surface area contributed by atoms with Crippen molar-refractivity contribution in [1.82, 2.24) is 20.0 Å². The standard InChI is InChI=1S/C24H30N4O/c1-3-27(4-2)23(21-11-7-5-8-12-21)18-25-24(29)16-15-20-17-26-28(19-20)22-13-9-6-10-14-22/h5-14,17,19,23H,3-4,15-16,18H2,1-2H3,(H,25,29). The van der Waals surface area contributed by atoms with Crippen LogP contribution in [0.25, 0.3) is 5.69 Å². The zero-order chi connectivity index (χ0) is 20.5. The lowest BCUT2D eigenvalue weighted by Gasteiger charge is -2.30. The number of carbonyl (C=O) groups excluding carboxylic acids is 1. The molecule has 152 valence electrons. The summed E-state index contributed by atoms with van der Waals surface area (Å²) >= 11 is 0. The molecule has 1 atom stereocenters. The molecule has 0 saturated carbocycles. The van der Waals surface area contributed by atoms with E-state index in [2.05, 4.69) is 53.4 Å². The number of carbonyl (C=O) groups is 1. The molecule has 1 unspecified atom stereocenters. The number of nitrogens with one attached hydrogen (secondary N) is 1. The molecule has 0 aliphatic carbocycles. The second kappa shape index (κ2) is 10.6. The summed E-state index contributed by atoms with van der Waals surface area (Å²) in [4.78, 5) is 14.8. The molecule has 29 heavy (non-hydrogen) atoms. The van der Waals surface area contributed by atoms with E-state index in [9.17, 15) is 4.79 Å². The molecule has 2 aromatic carbocycles. The summed E-state index contributed by atoms with van der Waals surface area (Å²) < 4.78 is 1.85. The molecule has 0 aliphatic rings. The summed E-state index contributed by atoms with van der Waals surface area (Å²) in [7, 11) is 0. The number of aromatic nitrogens is 2. The number of aryl methyl sites for hydroxylation is 1. The van der Waals surface area contributed by atoms with Crippen LogP contribution in [0.3, 0.4) is 0 Å². The van der Waals surface area contributed by atoms with Gasteiger partial charge in [-0.2, -0.15) is 5.10 Å². The number of hydrogen-bond donors (Lipinski definition) is 1. The Hall–Kier alpha value is -2.92. The van der Waals surface area contributed by atoms with Gasteiger partial charge in [0.2, 0.25) is 5.91 Å². The highest BCUT2D eigenvalue weighted by molar-refractivity contribution is 5.76. The van der Waals surface area contributed by atoms with Crippen LogP contribution in [0.15, 0.2) is 73.1 Å². The first-order chi connectivity index (χ1) is 14.2. The van der Waals surface area contributed by atoms with Crippen LogP contribution in [0, 0.1) is 0 Å². The molecule has 3 rings (SSSR count). The quantitative estimate of drug-likeness (QED) is 0.569. The maximum Gasteiger partial charge on any atom is 0.220 e. The first-order valence-corrected chi connectivity index (χ1v) is 10.4. The fourth-order valence-corrected chi connectivity index (χ4v) is 3.57. The summed E-state index contributed by atoms with van der Waals surface area (Å²) in [5.74, 6) is 0.0746. The normalized spacial score (nSPS) is 12.1. The molecular formula is C24H30N4O. The molecular weight excluding hydrogens is 360 g/mol. The minimum absolute atomic E-state index is 0.0746.